The van der Waals surface area contributed by atoms with E-state index in [1.807, 2.05) is 6.07 Å². The number of hydrogen-bond donors (Lipinski definition) is 1. The SMILES string of the molecule is CCCc1nnc(N2CCC(Oc3ccccc3OC)(C(=O)O)CC2)s1. The lowest BCUT2D eigenvalue weighted by molar-refractivity contribution is -0.157. The van der Waals surface area contributed by atoms with Crippen molar-refractivity contribution in [3.05, 3.63) is 29.3 Å². The summed E-state index contributed by atoms with van der Waals surface area (Å²) in [5.74, 6) is 0.0304. The van der Waals surface area contributed by atoms with Gasteiger partial charge >= 0.3 is 5.97 Å². The molecule has 0 bridgehead atoms. The Hall–Kier alpha value is -2.35. The first kappa shape index (κ1) is 18.4. The third-order valence-corrected chi connectivity index (χ3v) is 5.57. The summed E-state index contributed by atoms with van der Waals surface area (Å²) < 4.78 is 11.3. The van der Waals surface area contributed by atoms with Crippen LogP contribution < -0.4 is 14.4 Å². The molecule has 2 aromatic rings. The lowest BCUT2D eigenvalue weighted by Gasteiger charge is -2.38. The summed E-state index contributed by atoms with van der Waals surface area (Å²) in [6.45, 7) is 3.22. The third kappa shape index (κ3) is 3.75. The summed E-state index contributed by atoms with van der Waals surface area (Å²) in [4.78, 5) is 14.1. The number of carboxylic acid groups (broad SMARTS) is 1. The predicted octanol–water partition coefficient (Wildman–Crippen LogP) is 3.00. The molecule has 1 N–H and O–H groups in total. The van der Waals surface area contributed by atoms with Gasteiger partial charge in [0, 0.05) is 32.4 Å². The molecular weight excluding hydrogens is 354 g/mol. The van der Waals surface area contributed by atoms with Gasteiger partial charge in [-0.3, -0.25) is 0 Å². The molecule has 1 fully saturated rings. The van der Waals surface area contributed by atoms with E-state index >= 15 is 0 Å². The molecule has 0 unspecified atom stereocenters. The maximum atomic E-state index is 12.0. The fraction of sp³-hybridized carbons (Fsp3) is 0.500. The molecule has 0 spiro atoms. The predicted molar refractivity (Wildman–Crippen MR) is 99.3 cm³/mol. The van der Waals surface area contributed by atoms with Crippen LogP contribution in [-0.4, -0.2) is 47.1 Å². The van der Waals surface area contributed by atoms with Crippen molar-refractivity contribution < 1.29 is 19.4 Å². The Morgan fingerprint density at radius 1 is 1.27 bits per heavy atom. The van der Waals surface area contributed by atoms with Crippen LogP contribution in [0, 0.1) is 0 Å². The number of nitrogens with zero attached hydrogens (tertiary/aromatic N) is 3. The van der Waals surface area contributed by atoms with Crippen LogP contribution in [0.1, 0.15) is 31.2 Å². The number of hydrogen-bond acceptors (Lipinski definition) is 7. The van der Waals surface area contributed by atoms with Crippen LogP contribution in [0.5, 0.6) is 11.5 Å². The van der Waals surface area contributed by atoms with E-state index < -0.39 is 11.6 Å². The highest BCUT2D eigenvalue weighted by Gasteiger charge is 2.45. The molecule has 0 aliphatic carbocycles. The average Bonchev–Trinajstić information content (AvgIpc) is 3.11. The first-order valence-corrected chi connectivity index (χ1v) is 9.52. The number of ether oxygens (including phenoxy) is 2. The number of piperidine rings is 1. The zero-order valence-electron chi connectivity index (χ0n) is 15.0. The largest absolute Gasteiger partial charge is 0.493 e. The first-order valence-electron chi connectivity index (χ1n) is 8.70. The number of rotatable bonds is 7. The highest BCUT2D eigenvalue weighted by atomic mass is 32.1. The molecule has 1 saturated heterocycles. The molecule has 0 amide bonds. The second kappa shape index (κ2) is 7.90. The summed E-state index contributed by atoms with van der Waals surface area (Å²) >= 11 is 1.58. The molecular formula is C18H23N3O4S. The van der Waals surface area contributed by atoms with E-state index in [2.05, 4.69) is 22.0 Å². The van der Waals surface area contributed by atoms with Crippen LogP contribution in [0.25, 0.3) is 0 Å². The minimum absolute atomic E-state index is 0.364. The number of carbonyl (C=O) groups is 1. The van der Waals surface area contributed by atoms with E-state index in [1.165, 1.54) is 0 Å². The number of anilines is 1. The Morgan fingerprint density at radius 3 is 2.58 bits per heavy atom. The summed E-state index contributed by atoms with van der Waals surface area (Å²) in [5.41, 5.74) is -1.26. The topological polar surface area (TPSA) is 84.8 Å². The van der Waals surface area contributed by atoms with Crippen LogP contribution >= 0.6 is 11.3 Å². The second-order valence-electron chi connectivity index (χ2n) is 6.27. The van der Waals surface area contributed by atoms with E-state index in [0.29, 0.717) is 37.4 Å². The van der Waals surface area contributed by atoms with E-state index in [0.717, 1.165) is 23.0 Å². The van der Waals surface area contributed by atoms with Gasteiger partial charge in [-0.25, -0.2) is 4.79 Å². The van der Waals surface area contributed by atoms with Crippen LogP contribution in [0.2, 0.25) is 0 Å². The number of aliphatic carboxylic acids is 1. The number of aromatic nitrogens is 2. The number of benzene rings is 1. The van der Waals surface area contributed by atoms with Crippen molar-refractivity contribution in [2.75, 3.05) is 25.1 Å². The molecule has 3 rings (SSSR count). The van der Waals surface area contributed by atoms with Crippen LogP contribution in [0.3, 0.4) is 0 Å². The van der Waals surface area contributed by atoms with Crippen LogP contribution in [0.4, 0.5) is 5.13 Å². The zero-order chi connectivity index (χ0) is 18.6. The third-order valence-electron chi connectivity index (χ3n) is 4.53. The maximum Gasteiger partial charge on any atom is 0.348 e. The molecule has 1 aliphatic heterocycles. The van der Waals surface area contributed by atoms with E-state index in [-0.39, 0.29) is 0 Å². The molecule has 0 atom stereocenters. The summed E-state index contributed by atoms with van der Waals surface area (Å²) in [5, 5.41) is 20.2. The van der Waals surface area contributed by atoms with E-state index in [1.54, 1.807) is 36.6 Å². The Kier molecular flexibility index (Phi) is 5.61. The van der Waals surface area contributed by atoms with Gasteiger partial charge in [-0.2, -0.15) is 0 Å². The zero-order valence-corrected chi connectivity index (χ0v) is 15.8. The molecule has 2 heterocycles. The number of aryl methyl sites for hydroxylation is 1. The minimum Gasteiger partial charge on any atom is -0.493 e. The summed E-state index contributed by atoms with van der Waals surface area (Å²) in [7, 11) is 1.54. The molecule has 7 nitrogen and oxygen atoms in total. The van der Waals surface area contributed by atoms with Gasteiger partial charge in [0.25, 0.3) is 0 Å². The molecule has 1 aliphatic rings. The van der Waals surface area contributed by atoms with Gasteiger partial charge in [0.2, 0.25) is 10.7 Å². The molecule has 0 saturated carbocycles. The average molecular weight is 377 g/mol. The quantitative estimate of drug-likeness (QED) is 0.794. The Morgan fingerprint density at radius 2 is 1.96 bits per heavy atom. The Bertz CT molecular complexity index is 756. The minimum atomic E-state index is -1.26. The van der Waals surface area contributed by atoms with Gasteiger partial charge in [-0.1, -0.05) is 30.4 Å². The van der Waals surface area contributed by atoms with Crippen molar-refractivity contribution in [1.29, 1.82) is 0 Å². The summed E-state index contributed by atoms with van der Waals surface area (Å²) in [6, 6.07) is 7.12. The molecule has 26 heavy (non-hydrogen) atoms. The van der Waals surface area contributed by atoms with Gasteiger partial charge in [0.1, 0.15) is 5.01 Å². The number of carboxylic acids is 1. The highest BCUT2D eigenvalue weighted by Crippen LogP contribution is 2.36. The highest BCUT2D eigenvalue weighted by molar-refractivity contribution is 7.15. The molecule has 0 radical (unpaired) electrons. The van der Waals surface area contributed by atoms with Crippen molar-refractivity contribution in [2.45, 2.75) is 38.2 Å². The fourth-order valence-electron chi connectivity index (χ4n) is 3.02. The van der Waals surface area contributed by atoms with Gasteiger partial charge in [-0.15, -0.1) is 10.2 Å². The normalized spacial score (nSPS) is 16.3. The maximum absolute atomic E-state index is 12.0. The van der Waals surface area contributed by atoms with Gasteiger partial charge < -0.3 is 19.5 Å². The van der Waals surface area contributed by atoms with Gasteiger partial charge in [0.05, 0.1) is 7.11 Å². The fourth-order valence-corrected chi connectivity index (χ4v) is 4.01. The molecule has 140 valence electrons. The number of methoxy groups -OCH3 is 1. The monoisotopic (exact) mass is 377 g/mol. The van der Waals surface area contributed by atoms with Crippen molar-refractivity contribution in [3.8, 4) is 11.5 Å². The second-order valence-corrected chi connectivity index (χ2v) is 7.31. The van der Waals surface area contributed by atoms with E-state index in [9.17, 15) is 9.90 Å². The van der Waals surface area contributed by atoms with Crippen molar-refractivity contribution >= 4 is 22.4 Å². The van der Waals surface area contributed by atoms with E-state index in [4.69, 9.17) is 9.47 Å². The Labute approximate surface area is 156 Å². The first-order chi connectivity index (χ1) is 12.6. The van der Waals surface area contributed by atoms with Crippen molar-refractivity contribution in [2.24, 2.45) is 0 Å². The molecule has 1 aromatic heterocycles. The van der Waals surface area contributed by atoms with Crippen molar-refractivity contribution in [1.82, 2.24) is 10.2 Å². The van der Waals surface area contributed by atoms with Crippen LogP contribution in [0.15, 0.2) is 24.3 Å². The molecule has 1 aromatic carbocycles. The van der Waals surface area contributed by atoms with Crippen LogP contribution in [-0.2, 0) is 11.2 Å². The number of para-hydroxylation sites is 2. The summed E-state index contributed by atoms with van der Waals surface area (Å²) in [6.07, 6.45) is 2.68. The lowest BCUT2D eigenvalue weighted by Crippen LogP contribution is -2.53. The van der Waals surface area contributed by atoms with Gasteiger partial charge in [-0.05, 0) is 18.6 Å². The molecule has 8 heteroatoms. The standard InChI is InChI=1S/C18H23N3O4S/c1-3-6-15-19-20-17(26-15)21-11-9-18(10-12-21,16(22)23)25-14-8-5-4-7-13(14)24-2/h4-5,7-8H,3,6,9-12H2,1-2H3,(H,22,23). The Balaban J connectivity index is 1.73. The smallest absolute Gasteiger partial charge is 0.348 e. The van der Waals surface area contributed by atoms with Crippen molar-refractivity contribution in [3.63, 3.8) is 0 Å². The van der Waals surface area contributed by atoms with Gasteiger partial charge in [0.15, 0.2) is 11.5 Å². The lowest BCUT2D eigenvalue weighted by atomic mass is 9.91.